The molecule has 1 aromatic carbocycles. The summed E-state index contributed by atoms with van der Waals surface area (Å²) in [7, 11) is 0. The van der Waals surface area contributed by atoms with Crippen molar-refractivity contribution in [2.45, 2.75) is 58.0 Å². The molecular weight excluding hydrogens is 249 g/mol. The number of hydrogen-bond donors (Lipinski definition) is 0. The van der Waals surface area contributed by atoms with E-state index in [2.05, 4.69) is 32.0 Å². The van der Waals surface area contributed by atoms with Crippen LogP contribution < -0.4 is 0 Å². The zero-order chi connectivity index (χ0) is 14.0. The molecule has 0 N–H and O–H groups in total. The monoisotopic (exact) mass is 270 g/mol. The highest BCUT2D eigenvalue weighted by atomic mass is 19.4. The number of rotatable bonds is 2. The van der Waals surface area contributed by atoms with Gasteiger partial charge in [0, 0.05) is 0 Å². The van der Waals surface area contributed by atoms with Crippen molar-refractivity contribution in [2.24, 2.45) is 5.92 Å². The second-order valence-electron chi connectivity index (χ2n) is 5.63. The van der Waals surface area contributed by atoms with E-state index in [1.54, 1.807) is 0 Å². The Morgan fingerprint density at radius 2 is 1.74 bits per heavy atom. The van der Waals surface area contributed by atoms with Crippen molar-refractivity contribution >= 4 is 0 Å². The predicted octanol–water partition coefficient (Wildman–Crippen LogP) is 5.39. The molecule has 0 aromatic heterocycles. The number of aryl methyl sites for hydroxylation is 2. The van der Waals surface area contributed by atoms with E-state index >= 15 is 0 Å². The van der Waals surface area contributed by atoms with E-state index in [0.29, 0.717) is 18.8 Å². The third-order valence-electron chi connectivity index (χ3n) is 4.41. The molecule has 0 atom stereocenters. The molecule has 0 amide bonds. The summed E-state index contributed by atoms with van der Waals surface area (Å²) < 4.78 is 37.9. The average molecular weight is 270 g/mol. The van der Waals surface area contributed by atoms with E-state index in [0.717, 1.165) is 6.42 Å². The van der Waals surface area contributed by atoms with Gasteiger partial charge in [0.05, 0.1) is 5.92 Å². The van der Waals surface area contributed by atoms with Crippen LogP contribution >= 0.6 is 0 Å². The molecule has 1 aliphatic carbocycles. The minimum atomic E-state index is -4.01. The van der Waals surface area contributed by atoms with Crippen LogP contribution in [0.15, 0.2) is 18.2 Å². The Hall–Kier alpha value is -0.990. The SMILES string of the molecule is CCc1ccc(C2CCC(C(F)(F)F)CC2)cc1C. The first kappa shape index (κ1) is 14.4. The smallest absolute Gasteiger partial charge is 0.171 e. The van der Waals surface area contributed by atoms with E-state index in [1.807, 2.05) is 0 Å². The number of hydrogen-bond acceptors (Lipinski definition) is 0. The molecule has 0 nitrogen and oxygen atoms in total. The molecule has 0 bridgehead atoms. The normalized spacial score (nSPS) is 24.5. The maximum atomic E-state index is 12.6. The summed E-state index contributed by atoms with van der Waals surface area (Å²) in [6.07, 6.45) is -1.12. The fourth-order valence-electron chi connectivity index (χ4n) is 3.12. The number of benzene rings is 1. The van der Waals surface area contributed by atoms with E-state index < -0.39 is 12.1 Å². The molecule has 19 heavy (non-hydrogen) atoms. The Morgan fingerprint density at radius 1 is 1.11 bits per heavy atom. The van der Waals surface area contributed by atoms with Gasteiger partial charge in [-0.25, -0.2) is 0 Å². The van der Waals surface area contributed by atoms with Crippen LogP contribution in [0.3, 0.4) is 0 Å². The van der Waals surface area contributed by atoms with Crippen LogP contribution in [-0.2, 0) is 6.42 Å². The molecule has 1 fully saturated rings. The standard InChI is InChI=1S/C16H21F3/c1-3-12-4-5-14(10-11(12)2)13-6-8-15(9-7-13)16(17,18)19/h4-5,10,13,15H,3,6-9H2,1-2H3. The Bertz CT molecular complexity index is 426. The molecular formula is C16H21F3. The van der Waals surface area contributed by atoms with Crippen LogP contribution in [0, 0.1) is 12.8 Å². The van der Waals surface area contributed by atoms with Gasteiger partial charge in [-0.1, -0.05) is 25.1 Å². The van der Waals surface area contributed by atoms with Gasteiger partial charge in [-0.05, 0) is 61.6 Å². The molecule has 1 saturated carbocycles. The van der Waals surface area contributed by atoms with Crippen molar-refractivity contribution in [2.75, 3.05) is 0 Å². The van der Waals surface area contributed by atoms with Crippen molar-refractivity contribution in [1.82, 2.24) is 0 Å². The van der Waals surface area contributed by atoms with E-state index in [9.17, 15) is 13.2 Å². The van der Waals surface area contributed by atoms with E-state index in [4.69, 9.17) is 0 Å². The largest absolute Gasteiger partial charge is 0.391 e. The third-order valence-corrected chi connectivity index (χ3v) is 4.41. The van der Waals surface area contributed by atoms with Gasteiger partial charge in [0.2, 0.25) is 0 Å². The Kier molecular flexibility index (Phi) is 4.22. The van der Waals surface area contributed by atoms with Crippen molar-refractivity contribution < 1.29 is 13.2 Å². The number of halogens is 3. The molecule has 1 aliphatic rings. The van der Waals surface area contributed by atoms with E-state index in [1.165, 1.54) is 16.7 Å². The lowest BCUT2D eigenvalue weighted by Gasteiger charge is -2.30. The average Bonchev–Trinajstić information content (AvgIpc) is 2.38. The molecule has 2 rings (SSSR count). The van der Waals surface area contributed by atoms with Crippen molar-refractivity contribution in [3.63, 3.8) is 0 Å². The second kappa shape index (κ2) is 5.56. The van der Waals surface area contributed by atoms with E-state index in [-0.39, 0.29) is 12.8 Å². The highest BCUT2D eigenvalue weighted by molar-refractivity contribution is 5.33. The van der Waals surface area contributed by atoms with Crippen LogP contribution in [0.1, 0.15) is 55.2 Å². The molecule has 0 unspecified atom stereocenters. The maximum Gasteiger partial charge on any atom is 0.391 e. The predicted molar refractivity (Wildman–Crippen MR) is 71.3 cm³/mol. The molecule has 0 saturated heterocycles. The lowest BCUT2D eigenvalue weighted by Crippen LogP contribution is -2.27. The summed E-state index contributed by atoms with van der Waals surface area (Å²) in [6, 6.07) is 6.39. The van der Waals surface area contributed by atoms with Gasteiger partial charge in [-0.2, -0.15) is 13.2 Å². The van der Waals surface area contributed by atoms with Crippen LogP contribution in [0.2, 0.25) is 0 Å². The lowest BCUT2D eigenvalue weighted by molar-refractivity contribution is -0.182. The van der Waals surface area contributed by atoms with Gasteiger partial charge in [0.15, 0.2) is 0 Å². The fraction of sp³-hybridized carbons (Fsp3) is 0.625. The minimum Gasteiger partial charge on any atom is -0.171 e. The molecule has 0 radical (unpaired) electrons. The van der Waals surface area contributed by atoms with Crippen molar-refractivity contribution in [3.05, 3.63) is 34.9 Å². The van der Waals surface area contributed by atoms with Gasteiger partial charge in [-0.3, -0.25) is 0 Å². The van der Waals surface area contributed by atoms with Crippen molar-refractivity contribution in [3.8, 4) is 0 Å². The summed E-state index contributed by atoms with van der Waals surface area (Å²) in [5.41, 5.74) is 3.81. The van der Waals surface area contributed by atoms with Crippen LogP contribution in [-0.4, -0.2) is 6.18 Å². The lowest BCUT2D eigenvalue weighted by atomic mass is 9.78. The summed E-state index contributed by atoms with van der Waals surface area (Å²) in [4.78, 5) is 0. The number of alkyl halides is 3. The van der Waals surface area contributed by atoms with Gasteiger partial charge in [0.1, 0.15) is 0 Å². The topological polar surface area (TPSA) is 0 Å². The quantitative estimate of drug-likeness (QED) is 0.675. The summed E-state index contributed by atoms with van der Waals surface area (Å²) >= 11 is 0. The highest BCUT2D eigenvalue weighted by Gasteiger charge is 2.41. The Balaban J connectivity index is 2.04. The molecule has 106 valence electrons. The summed E-state index contributed by atoms with van der Waals surface area (Å²) in [6.45, 7) is 4.21. The molecule has 0 aliphatic heterocycles. The Morgan fingerprint density at radius 3 is 2.21 bits per heavy atom. The molecule has 1 aromatic rings. The van der Waals surface area contributed by atoms with Gasteiger partial charge < -0.3 is 0 Å². The Labute approximate surface area is 113 Å². The molecule has 0 heterocycles. The summed E-state index contributed by atoms with van der Waals surface area (Å²) in [5.74, 6) is -0.775. The fourth-order valence-corrected chi connectivity index (χ4v) is 3.12. The first-order valence-electron chi connectivity index (χ1n) is 7.08. The van der Waals surface area contributed by atoms with Crippen molar-refractivity contribution in [1.29, 1.82) is 0 Å². The zero-order valence-corrected chi connectivity index (χ0v) is 11.6. The second-order valence-corrected chi connectivity index (χ2v) is 5.63. The maximum absolute atomic E-state index is 12.6. The first-order chi connectivity index (χ1) is 8.91. The molecule has 3 heteroatoms. The first-order valence-corrected chi connectivity index (χ1v) is 7.08. The van der Waals surface area contributed by atoms with Gasteiger partial charge >= 0.3 is 6.18 Å². The minimum absolute atomic E-state index is 0.280. The van der Waals surface area contributed by atoms with Crippen LogP contribution in [0.5, 0.6) is 0 Å². The van der Waals surface area contributed by atoms with Gasteiger partial charge in [-0.15, -0.1) is 0 Å². The van der Waals surface area contributed by atoms with Gasteiger partial charge in [0.25, 0.3) is 0 Å². The van der Waals surface area contributed by atoms with Crippen LogP contribution in [0.25, 0.3) is 0 Å². The molecule has 0 spiro atoms. The highest BCUT2D eigenvalue weighted by Crippen LogP contribution is 2.43. The third kappa shape index (κ3) is 3.31. The zero-order valence-electron chi connectivity index (χ0n) is 11.6. The van der Waals surface area contributed by atoms with Crippen LogP contribution in [0.4, 0.5) is 13.2 Å². The summed E-state index contributed by atoms with van der Waals surface area (Å²) in [5, 5.41) is 0.